The van der Waals surface area contributed by atoms with E-state index < -0.39 is 0 Å². The molecule has 2 aromatic carbocycles. The second kappa shape index (κ2) is 7.90. The average Bonchev–Trinajstić information content (AvgIpc) is 2.73. The molecule has 4 aromatic rings. The van der Waals surface area contributed by atoms with Crippen molar-refractivity contribution in [3.8, 4) is 5.75 Å². The third-order valence-electron chi connectivity index (χ3n) is 4.80. The maximum absolute atomic E-state index is 11.0. The van der Waals surface area contributed by atoms with Gasteiger partial charge in [-0.1, -0.05) is 24.3 Å². The number of phenolic OH excluding ortho intramolecular Hbond substituents is 1. The Balaban J connectivity index is 1.83. The molecule has 2 aromatic heterocycles. The largest absolute Gasteiger partial charge is 0.505 e. The molecule has 0 aliphatic rings. The standard InChI is InChI=1S/C23H21N3OS/c1-15-11-13-24-20(14-15)26-21(17-5-8-18(28-2)9-6-17)19-10-7-16-4-3-12-25-22(16)23(19)27/h3-14,21,27H,1-2H3,(H,24,26)/p+1/t21-/m0/s1. The number of pyridine rings is 2. The molecule has 4 rings (SSSR count). The van der Waals surface area contributed by atoms with Crippen molar-refractivity contribution in [1.29, 1.82) is 0 Å². The van der Waals surface area contributed by atoms with Crippen LogP contribution in [0.1, 0.15) is 22.7 Å². The smallest absolute Gasteiger partial charge is 0.273 e. The van der Waals surface area contributed by atoms with Crippen LogP contribution in [0.3, 0.4) is 0 Å². The first-order valence-corrected chi connectivity index (χ1v) is 10.3. The molecule has 5 heteroatoms. The maximum Gasteiger partial charge on any atom is 0.273 e. The lowest BCUT2D eigenvalue weighted by molar-refractivity contribution is -0.361. The van der Waals surface area contributed by atoms with Crippen LogP contribution in [0, 0.1) is 6.92 Å². The quantitative estimate of drug-likeness (QED) is 0.473. The molecule has 0 bridgehead atoms. The van der Waals surface area contributed by atoms with Crippen LogP contribution in [-0.2, 0) is 0 Å². The monoisotopic (exact) mass is 388 g/mol. The summed E-state index contributed by atoms with van der Waals surface area (Å²) in [5, 5.41) is 15.5. The fourth-order valence-electron chi connectivity index (χ4n) is 3.33. The van der Waals surface area contributed by atoms with E-state index in [9.17, 15) is 5.11 Å². The minimum Gasteiger partial charge on any atom is -0.505 e. The Morgan fingerprint density at radius 1 is 1.07 bits per heavy atom. The summed E-state index contributed by atoms with van der Waals surface area (Å²) in [5.41, 5.74) is 3.62. The van der Waals surface area contributed by atoms with Crippen molar-refractivity contribution in [1.82, 2.24) is 4.98 Å². The van der Waals surface area contributed by atoms with E-state index in [1.807, 2.05) is 36.5 Å². The topological polar surface area (TPSA) is 59.3 Å². The highest BCUT2D eigenvalue weighted by Crippen LogP contribution is 2.36. The van der Waals surface area contributed by atoms with Crippen molar-refractivity contribution in [3.05, 3.63) is 89.7 Å². The molecule has 0 radical (unpaired) electrons. The summed E-state index contributed by atoms with van der Waals surface area (Å²) in [6.07, 6.45) is 5.68. The summed E-state index contributed by atoms with van der Waals surface area (Å²) in [6, 6.07) is 20.1. The lowest BCUT2D eigenvalue weighted by atomic mass is 9.96. The van der Waals surface area contributed by atoms with E-state index >= 15 is 0 Å². The third-order valence-corrected chi connectivity index (χ3v) is 5.54. The van der Waals surface area contributed by atoms with E-state index in [4.69, 9.17) is 0 Å². The minimum absolute atomic E-state index is 0.206. The molecular weight excluding hydrogens is 366 g/mol. The number of aromatic nitrogens is 2. The van der Waals surface area contributed by atoms with Crippen molar-refractivity contribution < 1.29 is 10.1 Å². The molecule has 0 unspecified atom stereocenters. The summed E-state index contributed by atoms with van der Waals surface area (Å²) >= 11 is 1.71. The number of H-pyrrole nitrogens is 1. The van der Waals surface area contributed by atoms with Gasteiger partial charge in [0.05, 0.1) is 6.20 Å². The van der Waals surface area contributed by atoms with Gasteiger partial charge >= 0.3 is 0 Å². The van der Waals surface area contributed by atoms with Crippen LogP contribution in [0.4, 0.5) is 5.82 Å². The molecule has 0 amide bonds. The molecule has 3 N–H and O–H groups in total. The third kappa shape index (κ3) is 3.66. The zero-order valence-corrected chi connectivity index (χ0v) is 16.6. The summed E-state index contributed by atoms with van der Waals surface area (Å²) in [5.74, 6) is 1.09. The molecule has 2 heterocycles. The molecule has 4 nitrogen and oxygen atoms in total. The number of nitrogens with one attached hydrogen (secondary N) is 2. The molecule has 0 fully saturated rings. The van der Waals surface area contributed by atoms with Gasteiger partial charge in [-0.3, -0.25) is 10.3 Å². The van der Waals surface area contributed by atoms with Gasteiger partial charge in [-0.15, -0.1) is 11.8 Å². The first kappa shape index (κ1) is 18.3. The number of hydrogen-bond acceptors (Lipinski definition) is 4. The molecule has 0 spiro atoms. The van der Waals surface area contributed by atoms with E-state index in [-0.39, 0.29) is 11.8 Å². The second-order valence-corrected chi connectivity index (χ2v) is 7.59. The Morgan fingerprint density at radius 3 is 2.64 bits per heavy atom. The number of aromatic hydroxyl groups is 1. The summed E-state index contributed by atoms with van der Waals surface area (Å²) in [6.45, 7) is 2.05. The zero-order chi connectivity index (χ0) is 19.5. The first-order chi connectivity index (χ1) is 13.7. The molecule has 1 atom stereocenters. The number of hydrogen-bond donors (Lipinski definition) is 2. The minimum atomic E-state index is -0.222. The number of aryl methyl sites for hydroxylation is 1. The molecule has 0 saturated carbocycles. The maximum atomic E-state index is 11.0. The van der Waals surface area contributed by atoms with Gasteiger partial charge in [-0.2, -0.15) is 0 Å². The van der Waals surface area contributed by atoms with Gasteiger partial charge in [0.25, 0.3) is 5.82 Å². The van der Waals surface area contributed by atoms with Crippen molar-refractivity contribution in [2.45, 2.75) is 17.9 Å². The average molecular weight is 389 g/mol. The number of phenols is 1. The number of rotatable bonds is 5. The lowest BCUT2D eigenvalue weighted by Crippen LogP contribution is -2.19. The predicted molar refractivity (Wildman–Crippen MR) is 115 cm³/mol. The Kier molecular flexibility index (Phi) is 5.17. The lowest BCUT2D eigenvalue weighted by Gasteiger charge is -2.18. The van der Waals surface area contributed by atoms with Crippen molar-refractivity contribution in [2.75, 3.05) is 11.6 Å². The van der Waals surface area contributed by atoms with Crippen LogP contribution in [0.15, 0.2) is 78.0 Å². The van der Waals surface area contributed by atoms with Crippen LogP contribution < -0.4 is 10.3 Å². The van der Waals surface area contributed by atoms with E-state index in [0.29, 0.717) is 5.52 Å². The van der Waals surface area contributed by atoms with Crippen molar-refractivity contribution in [3.63, 3.8) is 0 Å². The molecule has 140 valence electrons. The normalized spacial score (nSPS) is 12.1. The van der Waals surface area contributed by atoms with Gasteiger partial charge in [0.1, 0.15) is 17.3 Å². The van der Waals surface area contributed by atoms with Crippen LogP contribution in [0.5, 0.6) is 5.75 Å². The molecule has 0 aliphatic carbocycles. The number of aromatic amines is 1. The molecule has 28 heavy (non-hydrogen) atoms. The first-order valence-electron chi connectivity index (χ1n) is 9.11. The second-order valence-electron chi connectivity index (χ2n) is 6.71. The highest BCUT2D eigenvalue weighted by atomic mass is 32.2. The SMILES string of the molecule is CSc1ccc([C@H](Nc2cc(C)cc[nH+]2)c2ccc3cccnc3c2O)cc1. The number of nitrogens with zero attached hydrogens (tertiary/aromatic N) is 1. The van der Waals surface area contributed by atoms with E-state index in [1.165, 1.54) is 4.90 Å². The molecule has 0 aliphatic heterocycles. The van der Waals surface area contributed by atoms with Crippen LogP contribution in [0.25, 0.3) is 10.9 Å². The van der Waals surface area contributed by atoms with Gasteiger partial charge in [0.2, 0.25) is 0 Å². The van der Waals surface area contributed by atoms with Gasteiger partial charge in [0.15, 0.2) is 0 Å². The summed E-state index contributed by atoms with van der Waals surface area (Å²) < 4.78 is 0. The van der Waals surface area contributed by atoms with E-state index in [1.54, 1.807) is 18.0 Å². The van der Waals surface area contributed by atoms with Crippen molar-refractivity contribution in [2.24, 2.45) is 0 Å². The number of thioether (sulfide) groups is 1. The Hall–Kier alpha value is -3.05. The van der Waals surface area contributed by atoms with E-state index in [0.717, 1.165) is 27.9 Å². The summed E-state index contributed by atoms with van der Waals surface area (Å²) in [7, 11) is 0. The van der Waals surface area contributed by atoms with Gasteiger partial charge in [-0.05, 0) is 49.1 Å². The van der Waals surface area contributed by atoms with Gasteiger partial charge < -0.3 is 5.11 Å². The highest BCUT2D eigenvalue weighted by molar-refractivity contribution is 7.98. The van der Waals surface area contributed by atoms with Crippen molar-refractivity contribution >= 4 is 28.5 Å². The molecule has 0 saturated heterocycles. The zero-order valence-electron chi connectivity index (χ0n) is 15.8. The van der Waals surface area contributed by atoms with E-state index in [2.05, 4.69) is 58.8 Å². The summed E-state index contributed by atoms with van der Waals surface area (Å²) in [4.78, 5) is 8.83. The number of anilines is 1. The Labute approximate surface area is 168 Å². The number of fused-ring (bicyclic) bond motifs is 1. The van der Waals surface area contributed by atoms with Gasteiger partial charge in [-0.25, -0.2) is 4.98 Å². The molecular formula is C23H22N3OS+. The predicted octanol–water partition coefficient (Wildman–Crippen LogP) is 4.99. The number of benzene rings is 2. The Morgan fingerprint density at radius 2 is 1.89 bits per heavy atom. The van der Waals surface area contributed by atoms with Gasteiger partial charge in [0, 0.05) is 33.7 Å². The Bertz CT molecular complexity index is 1110. The fourth-order valence-corrected chi connectivity index (χ4v) is 3.74. The van der Waals surface area contributed by atoms with Crippen LogP contribution >= 0.6 is 11.8 Å². The van der Waals surface area contributed by atoms with Crippen LogP contribution in [-0.4, -0.2) is 16.3 Å². The fraction of sp³-hybridized carbons (Fsp3) is 0.130. The van der Waals surface area contributed by atoms with Crippen LogP contribution in [0.2, 0.25) is 0 Å². The highest BCUT2D eigenvalue weighted by Gasteiger charge is 2.24.